The van der Waals surface area contributed by atoms with Gasteiger partial charge in [-0.3, -0.25) is 9.69 Å². The van der Waals surface area contributed by atoms with E-state index in [0.717, 1.165) is 29.6 Å². The minimum Gasteiger partial charge on any atom is -0.354 e. The third-order valence-corrected chi connectivity index (χ3v) is 8.14. The number of thioether (sulfide) groups is 1. The molecule has 7 heteroatoms. The van der Waals surface area contributed by atoms with E-state index in [4.69, 9.17) is 0 Å². The second-order valence-corrected chi connectivity index (χ2v) is 10.2. The zero-order valence-corrected chi connectivity index (χ0v) is 20.4. The Labute approximate surface area is 196 Å². The summed E-state index contributed by atoms with van der Waals surface area (Å²) in [6.45, 7) is 8.12. The van der Waals surface area contributed by atoms with Crippen LogP contribution >= 0.6 is 11.8 Å². The Morgan fingerprint density at radius 3 is 2.50 bits per heavy atom. The van der Waals surface area contributed by atoms with Crippen molar-refractivity contribution in [2.45, 2.75) is 82.5 Å². The van der Waals surface area contributed by atoms with Gasteiger partial charge in [0.1, 0.15) is 0 Å². The number of hydrogen-bond donors (Lipinski definition) is 1. The summed E-state index contributed by atoms with van der Waals surface area (Å²) in [5, 5.41) is 12.9. The molecule has 0 spiro atoms. The van der Waals surface area contributed by atoms with Gasteiger partial charge in [-0.2, -0.15) is 0 Å². The van der Waals surface area contributed by atoms with E-state index >= 15 is 0 Å². The summed E-state index contributed by atoms with van der Waals surface area (Å²) in [5.74, 6) is 1.35. The molecule has 32 heavy (non-hydrogen) atoms. The number of rotatable bonds is 8. The monoisotopic (exact) mass is 455 g/mol. The molecule has 2 fully saturated rings. The van der Waals surface area contributed by atoms with Gasteiger partial charge >= 0.3 is 0 Å². The molecule has 1 aliphatic heterocycles. The highest BCUT2D eigenvalue weighted by molar-refractivity contribution is 7.99. The Balaban J connectivity index is 1.37. The van der Waals surface area contributed by atoms with Crippen LogP contribution in [0.2, 0.25) is 0 Å². The molecule has 6 nitrogen and oxygen atoms in total. The molecule has 2 heterocycles. The highest BCUT2D eigenvalue weighted by atomic mass is 32.2. The fourth-order valence-corrected chi connectivity index (χ4v) is 6.16. The van der Waals surface area contributed by atoms with Crippen molar-refractivity contribution in [1.29, 1.82) is 0 Å². The number of likely N-dealkylation sites (tertiary alicyclic amines) is 1. The van der Waals surface area contributed by atoms with Crippen molar-refractivity contribution in [3.63, 3.8) is 0 Å². The van der Waals surface area contributed by atoms with Gasteiger partial charge in [0.05, 0.1) is 5.75 Å². The highest BCUT2D eigenvalue weighted by Crippen LogP contribution is 2.35. The summed E-state index contributed by atoms with van der Waals surface area (Å²) < 4.78 is 2.11. The van der Waals surface area contributed by atoms with E-state index in [9.17, 15) is 4.79 Å². The fraction of sp³-hybridized carbons (Fsp3) is 0.640. The molecule has 1 N–H and O–H groups in total. The van der Waals surface area contributed by atoms with Gasteiger partial charge in [0.15, 0.2) is 11.0 Å². The second kappa shape index (κ2) is 10.8. The smallest absolute Gasteiger partial charge is 0.230 e. The van der Waals surface area contributed by atoms with Crippen LogP contribution in [0.5, 0.6) is 0 Å². The predicted octanol–water partition coefficient (Wildman–Crippen LogP) is 4.67. The van der Waals surface area contributed by atoms with E-state index in [-0.39, 0.29) is 11.4 Å². The molecule has 0 unspecified atom stereocenters. The van der Waals surface area contributed by atoms with Gasteiger partial charge < -0.3 is 9.88 Å². The van der Waals surface area contributed by atoms with Crippen molar-refractivity contribution in [3.05, 3.63) is 29.8 Å². The van der Waals surface area contributed by atoms with Crippen LogP contribution in [0.25, 0.3) is 11.4 Å². The summed E-state index contributed by atoms with van der Waals surface area (Å²) >= 11 is 1.49. The average Bonchev–Trinajstić information content (AvgIpc) is 3.25. The predicted molar refractivity (Wildman–Crippen MR) is 131 cm³/mol. The molecule has 2 aliphatic rings. The number of carbonyl (C=O) groups excluding carboxylic acids is 1. The molecule has 0 atom stereocenters. The molecule has 0 bridgehead atoms. The zero-order chi connectivity index (χ0) is 22.4. The molecule has 1 saturated heterocycles. The maximum Gasteiger partial charge on any atom is 0.230 e. The quantitative estimate of drug-likeness (QED) is 0.586. The first kappa shape index (κ1) is 23.3. The lowest BCUT2D eigenvalue weighted by atomic mass is 9.79. The van der Waals surface area contributed by atoms with Gasteiger partial charge in [-0.25, -0.2) is 0 Å². The minimum atomic E-state index is 0.0973. The van der Waals surface area contributed by atoms with Crippen molar-refractivity contribution in [3.8, 4) is 11.4 Å². The van der Waals surface area contributed by atoms with E-state index in [1.54, 1.807) is 0 Å². The molecule has 1 amide bonds. The first-order valence-electron chi connectivity index (χ1n) is 12.3. The third-order valence-electron chi connectivity index (χ3n) is 7.18. The van der Waals surface area contributed by atoms with Crippen molar-refractivity contribution in [2.75, 3.05) is 25.4 Å². The molecule has 1 aliphatic carbocycles. The van der Waals surface area contributed by atoms with Crippen LogP contribution in [0.15, 0.2) is 29.4 Å². The molecular weight excluding hydrogens is 418 g/mol. The number of aryl methyl sites for hydroxylation is 1. The SMILES string of the molecule is CCn1c(SCC(=O)NCC2(N3CCCCC3)CCCCC2)nnc1-c1ccccc1C. The first-order chi connectivity index (χ1) is 15.6. The van der Waals surface area contributed by atoms with Crippen molar-refractivity contribution >= 4 is 17.7 Å². The van der Waals surface area contributed by atoms with Gasteiger partial charge in [-0.1, -0.05) is 61.7 Å². The minimum absolute atomic E-state index is 0.0973. The number of amides is 1. The highest BCUT2D eigenvalue weighted by Gasteiger charge is 2.38. The number of nitrogens with one attached hydrogen (secondary N) is 1. The molecule has 1 saturated carbocycles. The summed E-state index contributed by atoms with van der Waals surface area (Å²) in [7, 11) is 0. The van der Waals surface area contributed by atoms with Crippen molar-refractivity contribution < 1.29 is 4.79 Å². The largest absolute Gasteiger partial charge is 0.354 e. The summed E-state index contributed by atoms with van der Waals surface area (Å²) in [6.07, 6.45) is 10.2. The van der Waals surface area contributed by atoms with Crippen molar-refractivity contribution in [1.82, 2.24) is 25.0 Å². The topological polar surface area (TPSA) is 63.1 Å². The number of hydrogen-bond acceptors (Lipinski definition) is 5. The van der Waals surface area contributed by atoms with Crippen LogP contribution in [0.1, 0.15) is 63.9 Å². The van der Waals surface area contributed by atoms with Crippen LogP contribution in [0, 0.1) is 6.92 Å². The van der Waals surface area contributed by atoms with Gasteiger partial charge in [0, 0.05) is 24.2 Å². The molecule has 0 radical (unpaired) electrons. The normalized spacial score (nSPS) is 19.1. The molecule has 4 rings (SSSR count). The number of carbonyl (C=O) groups is 1. The zero-order valence-electron chi connectivity index (χ0n) is 19.6. The Bertz CT molecular complexity index is 899. The summed E-state index contributed by atoms with van der Waals surface area (Å²) in [5.41, 5.74) is 2.44. The molecule has 1 aromatic carbocycles. The van der Waals surface area contributed by atoms with E-state index in [1.165, 1.54) is 81.8 Å². The number of benzene rings is 1. The third kappa shape index (κ3) is 5.20. The van der Waals surface area contributed by atoms with Gasteiger partial charge in [0.25, 0.3) is 0 Å². The fourth-order valence-electron chi connectivity index (χ4n) is 5.33. The van der Waals surface area contributed by atoms with Gasteiger partial charge in [0.2, 0.25) is 5.91 Å². The molecular formula is C25H37N5OS. The second-order valence-electron chi connectivity index (χ2n) is 9.26. The summed E-state index contributed by atoms with van der Waals surface area (Å²) in [6, 6.07) is 8.24. The van der Waals surface area contributed by atoms with Crippen LogP contribution in [0.3, 0.4) is 0 Å². The molecule has 174 valence electrons. The Morgan fingerprint density at radius 2 is 1.78 bits per heavy atom. The Hall–Kier alpha value is -1.86. The lowest BCUT2D eigenvalue weighted by Gasteiger charge is -2.48. The molecule has 1 aromatic heterocycles. The standard InChI is InChI=1S/C25H37N5OS/c1-3-30-23(21-13-7-6-12-20(21)2)27-28-24(30)32-18-22(31)26-19-25(14-8-4-9-15-25)29-16-10-5-11-17-29/h6-7,12-13H,3-5,8-11,14-19H2,1-2H3,(H,26,31). The van der Waals surface area contributed by atoms with E-state index in [2.05, 4.69) is 51.0 Å². The summed E-state index contributed by atoms with van der Waals surface area (Å²) in [4.78, 5) is 15.5. The maximum atomic E-state index is 12.8. The maximum absolute atomic E-state index is 12.8. The lowest BCUT2D eigenvalue weighted by Crippen LogP contribution is -2.58. The average molecular weight is 456 g/mol. The van der Waals surface area contributed by atoms with E-state index in [0.29, 0.717) is 5.75 Å². The lowest BCUT2D eigenvalue weighted by molar-refractivity contribution is -0.119. The van der Waals surface area contributed by atoms with Crippen LogP contribution < -0.4 is 5.32 Å². The van der Waals surface area contributed by atoms with E-state index < -0.39 is 0 Å². The first-order valence-corrected chi connectivity index (χ1v) is 13.3. The number of piperidine rings is 1. The van der Waals surface area contributed by atoms with Gasteiger partial charge in [-0.15, -0.1) is 10.2 Å². The van der Waals surface area contributed by atoms with Crippen LogP contribution in [0.4, 0.5) is 0 Å². The van der Waals surface area contributed by atoms with Crippen LogP contribution in [-0.4, -0.2) is 56.5 Å². The number of nitrogens with zero attached hydrogens (tertiary/aromatic N) is 4. The number of aromatic nitrogens is 3. The Morgan fingerprint density at radius 1 is 1.06 bits per heavy atom. The van der Waals surface area contributed by atoms with Crippen molar-refractivity contribution in [2.24, 2.45) is 0 Å². The van der Waals surface area contributed by atoms with Crippen LogP contribution in [-0.2, 0) is 11.3 Å². The van der Waals surface area contributed by atoms with E-state index in [1.807, 2.05) is 12.1 Å². The van der Waals surface area contributed by atoms with Gasteiger partial charge in [-0.05, 0) is 58.2 Å². The Kier molecular flexibility index (Phi) is 7.89. The molecule has 2 aromatic rings.